The van der Waals surface area contributed by atoms with Gasteiger partial charge in [-0.3, -0.25) is 9.59 Å². The Hall–Kier alpha value is -1.75. The van der Waals surface area contributed by atoms with Gasteiger partial charge in [0.2, 0.25) is 0 Å². The molecule has 0 saturated carbocycles. The maximum atomic E-state index is 12.1. The summed E-state index contributed by atoms with van der Waals surface area (Å²) in [5.74, 6) is -0.0881. The molecule has 0 spiro atoms. The largest absolute Gasteiger partial charge is 0.479 e. The van der Waals surface area contributed by atoms with Gasteiger partial charge in [0.15, 0.2) is 6.10 Å². The van der Waals surface area contributed by atoms with Gasteiger partial charge in [0.1, 0.15) is 5.75 Å². The number of nitrogens with zero attached hydrogens (tertiary/aromatic N) is 1. The van der Waals surface area contributed by atoms with Crippen molar-refractivity contribution in [3.8, 4) is 5.75 Å². The lowest BCUT2D eigenvalue weighted by Gasteiger charge is -2.22. The highest BCUT2D eigenvalue weighted by atomic mass is 35.5. The van der Waals surface area contributed by atoms with E-state index in [-0.39, 0.29) is 24.8 Å². The number of benzene rings is 1. The summed E-state index contributed by atoms with van der Waals surface area (Å²) >= 11 is 5.98. The maximum absolute atomic E-state index is 12.1. The van der Waals surface area contributed by atoms with E-state index in [0.717, 1.165) is 0 Å². The van der Waals surface area contributed by atoms with Gasteiger partial charge in [-0.1, -0.05) is 23.7 Å². The first-order chi connectivity index (χ1) is 9.95. The summed E-state index contributed by atoms with van der Waals surface area (Å²) in [4.78, 5) is 24.8. The predicted octanol–water partition coefficient (Wildman–Crippen LogP) is 2.52. The van der Waals surface area contributed by atoms with Crippen LogP contribution in [-0.4, -0.2) is 43.1 Å². The van der Waals surface area contributed by atoms with E-state index in [0.29, 0.717) is 17.4 Å². The second-order valence-corrected chi connectivity index (χ2v) is 4.91. The van der Waals surface area contributed by atoms with Crippen LogP contribution in [0.1, 0.15) is 20.3 Å². The fourth-order valence-electron chi connectivity index (χ4n) is 1.69. The van der Waals surface area contributed by atoms with Crippen molar-refractivity contribution in [2.24, 2.45) is 0 Å². The molecule has 6 heteroatoms. The van der Waals surface area contributed by atoms with Crippen LogP contribution >= 0.6 is 11.6 Å². The van der Waals surface area contributed by atoms with Crippen LogP contribution in [0.15, 0.2) is 24.3 Å². The molecule has 1 rings (SSSR count). The Balaban J connectivity index is 2.50. The molecule has 1 unspecified atom stereocenters. The normalized spacial score (nSPS) is 11.6. The summed E-state index contributed by atoms with van der Waals surface area (Å²) < 4.78 is 10.4. The van der Waals surface area contributed by atoms with Gasteiger partial charge >= 0.3 is 5.97 Å². The third-order valence-corrected chi connectivity index (χ3v) is 3.13. The molecular weight excluding hydrogens is 294 g/mol. The van der Waals surface area contributed by atoms with E-state index in [1.807, 2.05) is 0 Å². The maximum Gasteiger partial charge on any atom is 0.307 e. The number of ether oxygens (including phenoxy) is 2. The number of amides is 1. The first kappa shape index (κ1) is 17.3. The molecule has 1 atom stereocenters. The summed E-state index contributed by atoms with van der Waals surface area (Å²) in [5.41, 5.74) is 0. The Morgan fingerprint density at radius 1 is 1.33 bits per heavy atom. The molecule has 0 aliphatic carbocycles. The van der Waals surface area contributed by atoms with Gasteiger partial charge in [-0.25, -0.2) is 0 Å². The second-order valence-electron chi connectivity index (χ2n) is 4.51. The number of carbonyl (C=O) groups is 2. The van der Waals surface area contributed by atoms with Gasteiger partial charge in [0.05, 0.1) is 18.1 Å². The van der Waals surface area contributed by atoms with Crippen LogP contribution in [-0.2, 0) is 14.3 Å². The van der Waals surface area contributed by atoms with E-state index in [1.165, 1.54) is 4.90 Å². The molecule has 1 aromatic rings. The van der Waals surface area contributed by atoms with Gasteiger partial charge in [-0.2, -0.15) is 0 Å². The number of halogens is 1. The Morgan fingerprint density at radius 3 is 2.62 bits per heavy atom. The van der Waals surface area contributed by atoms with E-state index in [9.17, 15) is 9.59 Å². The molecule has 0 aliphatic rings. The lowest BCUT2D eigenvalue weighted by Crippen LogP contribution is -2.39. The van der Waals surface area contributed by atoms with E-state index in [2.05, 4.69) is 0 Å². The van der Waals surface area contributed by atoms with Crippen LogP contribution in [0, 0.1) is 0 Å². The fourth-order valence-corrected chi connectivity index (χ4v) is 1.87. The van der Waals surface area contributed by atoms with Crippen molar-refractivity contribution >= 4 is 23.5 Å². The average Bonchev–Trinajstić information content (AvgIpc) is 2.46. The van der Waals surface area contributed by atoms with Gasteiger partial charge in [0, 0.05) is 13.6 Å². The zero-order chi connectivity index (χ0) is 15.8. The molecule has 116 valence electrons. The molecule has 0 heterocycles. The van der Waals surface area contributed by atoms with E-state index < -0.39 is 6.10 Å². The molecule has 0 radical (unpaired) electrons. The molecule has 1 amide bonds. The van der Waals surface area contributed by atoms with Crippen molar-refractivity contribution in [3.05, 3.63) is 29.3 Å². The van der Waals surface area contributed by atoms with E-state index in [4.69, 9.17) is 21.1 Å². The molecule has 0 bridgehead atoms. The number of carbonyl (C=O) groups excluding carboxylic acids is 2. The second kappa shape index (κ2) is 8.52. The SMILES string of the molecule is CCOC(=O)CCN(C)C(=O)C(C)Oc1ccccc1Cl. The van der Waals surface area contributed by atoms with Crippen LogP contribution in [0.3, 0.4) is 0 Å². The zero-order valence-corrected chi connectivity index (χ0v) is 13.2. The Labute approximate surface area is 129 Å². The standard InChI is InChI=1S/C15H20ClNO4/c1-4-20-14(18)9-10-17(3)15(19)11(2)21-13-8-6-5-7-12(13)16/h5-8,11H,4,9-10H2,1-3H3. The summed E-state index contributed by atoms with van der Waals surface area (Å²) in [7, 11) is 1.62. The van der Waals surface area contributed by atoms with Gasteiger partial charge in [-0.05, 0) is 26.0 Å². The van der Waals surface area contributed by atoms with Gasteiger partial charge in [0.25, 0.3) is 5.91 Å². The molecule has 0 aliphatic heterocycles. The Morgan fingerprint density at radius 2 is 2.00 bits per heavy atom. The van der Waals surface area contributed by atoms with Gasteiger partial charge < -0.3 is 14.4 Å². The fraction of sp³-hybridized carbons (Fsp3) is 0.467. The molecule has 21 heavy (non-hydrogen) atoms. The number of rotatable bonds is 7. The molecule has 0 fully saturated rings. The number of para-hydroxylation sites is 1. The number of esters is 1. The molecule has 0 N–H and O–H groups in total. The van der Waals surface area contributed by atoms with Crippen LogP contribution in [0.25, 0.3) is 0 Å². The topological polar surface area (TPSA) is 55.8 Å². The highest BCUT2D eigenvalue weighted by Crippen LogP contribution is 2.24. The molecular formula is C15H20ClNO4. The highest BCUT2D eigenvalue weighted by Gasteiger charge is 2.20. The molecule has 1 aromatic carbocycles. The third-order valence-electron chi connectivity index (χ3n) is 2.82. The summed E-state index contributed by atoms with van der Waals surface area (Å²) in [5, 5.41) is 0.450. The number of likely N-dealkylation sites (N-methyl/N-ethyl adjacent to an activating group) is 1. The quantitative estimate of drug-likeness (QED) is 0.726. The predicted molar refractivity (Wildman–Crippen MR) is 80.4 cm³/mol. The lowest BCUT2D eigenvalue weighted by atomic mass is 10.3. The Bertz CT molecular complexity index is 492. The van der Waals surface area contributed by atoms with Crippen molar-refractivity contribution in [1.29, 1.82) is 0 Å². The first-order valence-corrected chi connectivity index (χ1v) is 7.15. The lowest BCUT2D eigenvalue weighted by molar-refractivity contribution is -0.144. The minimum Gasteiger partial charge on any atom is -0.479 e. The molecule has 0 saturated heterocycles. The van der Waals surface area contributed by atoms with Crippen LogP contribution in [0.5, 0.6) is 5.75 Å². The molecule has 0 aromatic heterocycles. The minimum atomic E-state index is -0.683. The van der Waals surface area contributed by atoms with Crippen LogP contribution < -0.4 is 4.74 Å². The Kier molecular flexibility index (Phi) is 7.02. The summed E-state index contributed by atoms with van der Waals surface area (Å²) in [6, 6.07) is 6.96. The highest BCUT2D eigenvalue weighted by molar-refractivity contribution is 6.32. The van der Waals surface area contributed by atoms with Gasteiger partial charge in [-0.15, -0.1) is 0 Å². The summed E-state index contributed by atoms with van der Waals surface area (Å²) in [6.07, 6.45) is -0.522. The number of hydrogen-bond donors (Lipinski definition) is 0. The minimum absolute atomic E-state index is 0.162. The smallest absolute Gasteiger partial charge is 0.307 e. The zero-order valence-electron chi connectivity index (χ0n) is 12.5. The van der Waals surface area contributed by atoms with Crippen molar-refractivity contribution in [1.82, 2.24) is 4.90 Å². The van der Waals surface area contributed by atoms with Crippen LogP contribution in [0.4, 0.5) is 0 Å². The first-order valence-electron chi connectivity index (χ1n) is 6.77. The van der Waals surface area contributed by atoms with Crippen molar-refractivity contribution in [3.63, 3.8) is 0 Å². The third kappa shape index (κ3) is 5.63. The average molecular weight is 314 g/mol. The molecule has 5 nitrogen and oxygen atoms in total. The monoisotopic (exact) mass is 313 g/mol. The van der Waals surface area contributed by atoms with Crippen molar-refractivity contribution in [2.45, 2.75) is 26.4 Å². The van der Waals surface area contributed by atoms with E-state index in [1.54, 1.807) is 45.2 Å². The van der Waals surface area contributed by atoms with Crippen molar-refractivity contribution < 1.29 is 19.1 Å². The summed E-state index contributed by atoms with van der Waals surface area (Å²) in [6.45, 7) is 4.01. The number of hydrogen-bond acceptors (Lipinski definition) is 4. The van der Waals surface area contributed by atoms with E-state index >= 15 is 0 Å². The van der Waals surface area contributed by atoms with Crippen LogP contribution in [0.2, 0.25) is 5.02 Å². The van der Waals surface area contributed by atoms with Crippen molar-refractivity contribution in [2.75, 3.05) is 20.2 Å².